The molecule has 4 rings (SSSR count). The molecule has 7 nitrogen and oxygen atoms in total. The van der Waals surface area contributed by atoms with Crippen molar-refractivity contribution in [3.05, 3.63) is 59.7 Å². The van der Waals surface area contributed by atoms with Crippen LogP contribution in [0.2, 0.25) is 0 Å². The molecular weight excluding hydrogens is 366 g/mol. The molecule has 0 aromatic heterocycles. The van der Waals surface area contributed by atoms with E-state index in [0.29, 0.717) is 17.7 Å². The molecule has 5 N–H and O–H groups in total. The van der Waals surface area contributed by atoms with E-state index in [0.717, 1.165) is 37.2 Å². The third-order valence-electron chi connectivity index (χ3n) is 5.66. The molecule has 152 valence electrons. The molecule has 0 saturated carbocycles. The summed E-state index contributed by atoms with van der Waals surface area (Å²) in [5.41, 5.74) is 14.9. The molecule has 7 heteroatoms. The highest BCUT2D eigenvalue weighted by atomic mass is 16.2. The average Bonchev–Trinajstić information content (AvgIpc) is 3.25. The van der Waals surface area contributed by atoms with Crippen molar-refractivity contribution >= 4 is 23.2 Å². The van der Waals surface area contributed by atoms with Gasteiger partial charge in [0.1, 0.15) is 6.04 Å². The van der Waals surface area contributed by atoms with E-state index in [1.807, 2.05) is 36.4 Å². The van der Waals surface area contributed by atoms with E-state index >= 15 is 0 Å². The van der Waals surface area contributed by atoms with E-state index in [9.17, 15) is 9.59 Å². The summed E-state index contributed by atoms with van der Waals surface area (Å²) in [6, 6.07) is 15.0. The van der Waals surface area contributed by atoms with Gasteiger partial charge in [0.05, 0.1) is 11.4 Å². The van der Waals surface area contributed by atoms with Crippen LogP contribution in [-0.4, -0.2) is 30.9 Å². The van der Waals surface area contributed by atoms with E-state index in [4.69, 9.17) is 5.73 Å². The normalized spacial score (nSPS) is 21.7. The number of anilines is 2. The smallest absolute Gasteiger partial charge is 0.248 e. The van der Waals surface area contributed by atoms with Crippen molar-refractivity contribution in [3.63, 3.8) is 0 Å². The number of benzene rings is 2. The number of nitrogens with one attached hydrogen (secondary N) is 3. The summed E-state index contributed by atoms with van der Waals surface area (Å²) >= 11 is 0. The number of carbonyl (C=O) groups excluding carboxylic acids is 2. The molecule has 2 aromatic carbocycles. The molecular formula is C22H27N5O2. The van der Waals surface area contributed by atoms with Crippen LogP contribution in [0.5, 0.6) is 0 Å². The zero-order valence-corrected chi connectivity index (χ0v) is 16.4. The van der Waals surface area contributed by atoms with Crippen LogP contribution in [0.25, 0.3) is 0 Å². The first kappa shape index (κ1) is 19.4. The number of hydrazine groups is 1. The van der Waals surface area contributed by atoms with Gasteiger partial charge in [0.25, 0.3) is 0 Å². The Hall–Kier alpha value is -2.90. The van der Waals surface area contributed by atoms with E-state index < -0.39 is 5.91 Å². The molecule has 2 aliphatic heterocycles. The second kappa shape index (κ2) is 8.63. The summed E-state index contributed by atoms with van der Waals surface area (Å²) in [6.07, 6.45) is 4.11. The highest BCUT2D eigenvalue weighted by molar-refractivity contribution is 6.01. The maximum absolute atomic E-state index is 13.0. The molecule has 0 radical (unpaired) electrons. The van der Waals surface area contributed by atoms with Crippen LogP contribution in [0.15, 0.2) is 48.5 Å². The van der Waals surface area contributed by atoms with Gasteiger partial charge in [0, 0.05) is 24.7 Å². The van der Waals surface area contributed by atoms with Gasteiger partial charge in [-0.05, 0) is 49.4 Å². The molecule has 2 saturated heterocycles. The second-order valence-electron chi connectivity index (χ2n) is 7.67. The Labute approximate surface area is 170 Å². The van der Waals surface area contributed by atoms with Crippen molar-refractivity contribution < 1.29 is 9.59 Å². The Kier molecular flexibility index (Phi) is 5.78. The summed E-state index contributed by atoms with van der Waals surface area (Å²) < 4.78 is 0. The van der Waals surface area contributed by atoms with Gasteiger partial charge < -0.3 is 16.0 Å². The Morgan fingerprint density at radius 1 is 1.00 bits per heavy atom. The first-order chi connectivity index (χ1) is 14.1. The lowest BCUT2D eigenvalue weighted by molar-refractivity contribution is -0.117. The van der Waals surface area contributed by atoms with Crippen LogP contribution < -0.4 is 26.8 Å². The van der Waals surface area contributed by atoms with E-state index in [1.54, 1.807) is 12.1 Å². The summed E-state index contributed by atoms with van der Waals surface area (Å²) in [6.45, 7) is 1.89. The third-order valence-corrected chi connectivity index (χ3v) is 5.66. The summed E-state index contributed by atoms with van der Waals surface area (Å²) in [5, 5.41) is 3.03. The number of primary amides is 1. The van der Waals surface area contributed by atoms with Crippen molar-refractivity contribution in [1.29, 1.82) is 0 Å². The Morgan fingerprint density at radius 3 is 2.48 bits per heavy atom. The van der Waals surface area contributed by atoms with Crippen LogP contribution >= 0.6 is 0 Å². The number of piperidine rings is 1. The van der Waals surface area contributed by atoms with Crippen LogP contribution in [0, 0.1) is 0 Å². The van der Waals surface area contributed by atoms with Gasteiger partial charge in [-0.15, -0.1) is 0 Å². The maximum Gasteiger partial charge on any atom is 0.248 e. The molecule has 0 bridgehead atoms. The predicted molar refractivity (Wildman–Crippen MR) is 114 cm³/mol. The van der Waals surface area contributed by atoms with E-state index in [2.05, 4.69) is 21.1 Å². The van der Waals surface area contributed by atoms with E-state index in [1.165, 1.54) is 6.42 Å². The van der Waals surface area contributed by atoms with Gasteiger partial charge in [-0.25, -0.2) is 10.9 Å². The SMILES string of the molecule is NC(=O)c1ccc(N2CCCCC2)c(NC(=O)C2CC(c3ccccc3)NN2)c1. The number of hydrogen-bond donors (Lipinski definition) is 4. The highest BCUT2D eigenvalue weighted by Gasteiger charge is 2.30. The lowest BCUT2D eigenvalue weighted by atomic mass is 10.0. The fourth-order valence-corrected chi connectivity index (χ4v) is 4.05. The number of amides is 2. The van der Waals surface area contributed by atoms with Crippen LogP contribution in [0.4, 0.5) is 11.4 Å². The van der Waals surface area contributed by atoms with Crippen molar-refractivity contribution in [2.24, 2.45) is 5.73 Å². The molecule has 0 spiro atoms. The minimum Gasteiger partial charge on any atom is -0.370 e. The second-order valence-corrected chi connectivity index (χ2v) is 7.67. The van der Waals surface area contributed by atoms with Gasteiger partial charge >= 0.3 is 0 Å². The van der Waals surface area contributed by atoms with Gasteiger partial charge in [-0.2, -0.15) is 0 Å². The van der Waals surface area contributed by atoms with Crippen molar-refractivity contribution in [1.82, 2.24) is 10.9 Å². The molecule has 2 amide bonds. The van der Waals surface area contributed by atoms with Gasteiger partial charge in [0.2, 0.25) is 11.8 Å². The molecule has 0 aliphatic carbocycles. The summed E-state index contributed by atoms with van der Waals surface area (Å²) in [7, 11) is 0. The lowest BCUT2D eigenvalue weighted by Gasteiger charge is -2.31. The van der Waals surface area contributed by atoms with E-state index in [-0.39, 0.29) is 18.0 Å². The third kappa shape index (κ3) is 4.41. The number of hydrogen-bond acceptors (Lipinski definition) is 5. The molecule has 2 aromatic rings. The fraction of sp³-hybridized carbons (Fsp3) is 0.364. The highest BCUT2D eigenvalue weighted by Crippen LogP contribution is 2.30. The largest absolute Gasteiger partial charge is 0.370 e. The minimum absolute atomic E-state index is 0.0745. The zero-order chi connectivity index (χ0) is 20.2. The number of carbonyl (C=O) groups is 2. The Balaban J connectivity index is 1.51. The van der Waals surface area contributed by atoms with Crippen molar-refractivity contribution in [3.8, 4) is 0 Å². The van der Waals surface area contributed by atoms with Crippen LogP contribution in [-0.2, 0) is 4.79 Å². The molecule has 2 heterocycles. The van der Waals surface area contributed by atoms with Gasteiger partial charge in [-0.1, -0.05) is 30.3 Å². The first-order valence-electron chi connectivity index (χ1n) is 10.2. The topological polar surface area (TPSA) is 99.5 Å². The molecule has 29 heavy (non-hydrogen) atoms. The lowest BCUT2D eigenvalue weighted by Crippen LogP contribution is -2.40. The average molecular weight is 393 g/mol. The molecule has 2 fully saturated rings. The quantitative estimate of drug-likeness (QED) is 0.625. The minimum atomic E-state index is -0.504. The summed E-state index contributed by atoms with van der Waals surface area (Å²) in [4.78, 5) is 26.9. The summed E-state index contributed by atoms with van der Waals surface area (Å²) in [5.74, 6) is -0.633. The van der Waals surface area contributed by atoms with Crippen molar-refractivity contribution in [2.75, 3.05) is 23.3 Å². The predicted octanol–water partition coefficient (Wildman–Crippen LogP) is 2.32. The maximum atomic E-state index is 13.0. The first-order valence-corrected chi connectivity index (χ1v) is 10.2. The standard InChI is InChI=1S/C22H27N5O2/c23-21(28)16-9-10-20(27-11-5-2-6-12-27)18(13-16)24-22(29)19-14-17(25-26-19)15-7-3-1-4-8-15/h1,3-4,7-10,13,17,19,25-26H,2,5-6,11-12,14H2,(H2,23,28)(H,24,29). The zero-order valence-electron chi connectivity index (χ0n) is 16.4. The molecule has 2 unspecified atom stereocenters. The number of rotatable bonds is 5. The Bertz CT molecular complexity index is 880. The monoisotopic (exact) mass is 393 g/mol. The van der Waals surface area contributed by atoms with Gasteiger partial charge in [0.15, 0.2) is 0 Å². The van der Waals surface area contributed by atoms with Gasteiger partial charge in [-0.3, -0.25) is 9.59 Å². The fourth-order valence-electron chi connectivity index (χ4n) is 4.05. The molecule has 2 atom stereocenters. The number of nitrogens with zero attached hydrogens (tertiary/aromatic N) is 1. The molecule has 2 aliphatic rings. The van der Waals surface area contributed by atoms with Crippen LogP contribution in [0.3, 0.4) is 0 Å². The van der Waals surface area contributed by atoms with Crippen LogP contribution in [0.1, 0.15) is 47.6 Å². The van der Waals surface area contributed by atoms with Crippen molar-refractivity contribution in [2.45, 2.75) is 37.8 Å². The number of nitrogens with two attached hydrogens (primary N) is 1. The Morgan fingerprint density at radius 2 is 1.76 bits per heavy atom.